The van der Waals surface area contributed by atoms with E-state index in [0.717, 1.165) is 5.69 Å². The van der Waals surface area contributed by atoms with E-state index in [1.54, 1.807) is 11.3 Å². The first-order valence-electron chi connectivity index (χ1n) is 4.76. The summed E-state index contributed by atoms with van der Waals surface area (Å²) in [5.74, 6) is 0. The van der Waals surface area contributed by atoms with Crippen molar-refractivity contribution in [2.45, 2.75) is 26.2 Å². The van der Waals surface area contributed by atoms with Crippen LogP contribution in [-0.4, -0.2) is 0 Å². The van der Waals surface area contributed by atoms with Crippen LogP contribution in [0.1, 0.15) is 26.3 Å². The molecule has 1 nitrogen and oxygen atoms in total. The van der Waals surface area contributed by atoms with Gasteiger partial charge in [-0.3, -0.25) is 0 Å². The molecule has 2 rings (SSSR count). The molecule has 0 unspecified atom stereocenters. The third-order valence-electron chi connectivity index (χ3n) is 2.47. The zero-order chi connectivity index (χ0) is 10.3. The first-order chi connectivity index (χ1) is 6.48. The lowest BCUT2D eigenvalue weighted by molar-refractivity contribution is 0.591. The third-order valence-corrected chi connectivity index (χ3v) is 3.43. The van der Waals surface area contributed by atoms with Crippen LogP contribution in [0.2, 0.25) is 0 Å². The summed E-state index contributed by atoms with van der Waals surface area (Å²) in [6.45, 7) is 6.68. The second-order valence-corrected chi connectivity index (χ2v) is 5.56. The number of hydrogen-bond acceptors (Lipinski definition) is 2. The highest BCUT2D eigenvalue weighted by Gasteiger charge is 2.14. The van der Waals surface area contributed by atoms with E-state index in [4.69, 9.17) is 5.73 Å². The fourth-order valence-electron chi connectivity index (χ4n) is 1.52. The summed E-state index contributed by atoms with van der Waals surface area (Å²) >= 11 is 1.72. The molecule has 0 atom stereocenters. The molecule has 0 aliphatic rings. The van der Waals surface area contributed by atoms with E-state index in [-0.39, 0.29) is 5.41 Å². The Balaban J connectivity index is 2.63. The van der Waals surface area contributed by atoms with Crippen LogP contribution < -0.4 is 5.73 Å². The Kier molecular flexibility index (Phi) is 2.04. The summed E-state index contributed by atoms with van der Waals surface area (Å²) in [6.07, 6.45) is 0. The van der Waals surface area contributed by atoms with Crippen LogP contribution in [0, 0.1) is 0 Å². The average molecular weight is 205 g/mol. The maximum Gasteiger partial charge on any atom is 0.0502 e. The van der Waals surface area contributed by atoms with Crippen LogP contribution >= 0.6 is 11.3 Å². The standard InChI is InChI=1S/C12H15NS/c1-12(2,3)8-4-5-9-10(13)7-14-11(9)6-8/h4-7H,13H2,1-3H3. The van der Waals surface area contributed by atoms with E-state index in [0.29, 0.717) is 0 Å². The Labute approximate surface area is 88.6 Å². The van der Waals surface area contributed by atoms with E-state index in [1.807, 2.05) is 5.38 Å². The van der Waals surface area contributed by atoms with Gasteiger partial charge in [0, 0.05) is 15.5 Å². The first-order valence-corrected chi connectivity index (χ1v) is 5.63. The van der Waals surface area contributed by atoms with E-state index in [2.05, 4.69) is 39.0 Å². The Morgan fingerprint density at radius 1 is 1.21 bits per heavy atom. The quantitative estimate of drug-likeness (QED) is 0.696. The minimum absolute atomic E-state index is 0.215. The van der Waals surface area contributed by atoms with Gasteiger partial charge in [-0.25, -0.2) is 0 Å². The van der Waals surface area contributed by atoms with E-state index in [1.165, 1.54) is 15.6 Å². The fourth-order valence-corrected chi connectivity index (χ4v) is 2.40. The number of rotatable bonds is 0. The number of thiophene rings is 1. The van der Waals surface area contributed by atoms with Crippen molar-refractivity contribution in [1.82, 2.24) is 0 Å². The zero-order valence-corrected chi connectivity index (χ0v) is 9.61. The molecule has 0 bridgehead atoms. The lowest BCUT2D eigenvalue weighted by Gasteiger charge is -2.18. The highest BCUT2D eigenvalue weighted by molar-refractivity contribution is 7.17. The molecular weight excluding hydrogens is 190 g/mol. The number of fused-ring (bicyclic) bond motifs is 1. The molecule has 0 amide bonds. The van der Waals surface area contributed by atoms with Crippen LogP contribution in [0.4, 0.5) is 5.69 Å². The summed E-state index contributed by atoms with van der Waals surface area (Å²) in [5.41, 5.74) is 8.32. The first kappa shape index (κ1) is 9.53. The summed E-state index contributed by atoms with van der Waals surface area (Å²) in [7, 11) is 0. The van der Waals surface area contributed by atoms with E-state index < -0.39 is 0 Å². The van der Waals surface area contributed by atoms with Crippen LogP contribution in [0.15, 0.2) is 23.6 Å². The van der Waals surface area contributed by atoms with Crippen LogP contribution in [0.5, 0.6) is 0 Å². The molecule has 0 spiro atoms. The van der Waals surface area contributed by atoms with E-state index >= 15 is 0 Å². The van der Waals surface area contributed by atoms with Crippen molar-refractivity contribution in [3.63, 3.8) is 0 Å². The van der Waals surface area contributed by atoms with Crippen molar-refractivity contribution in [3.05, 3.63) is 29.1 Å². The summed E-state index contributed by atoms with van der Waals surface area (Å²) in [6, 6.07) is 6.55. The number of nitrogens with two attached hydrogens (primary N) is 1. The fraction of sp³-hybridized carbons (Fsp3) is 0.333. The van der Waals surface area contributed by atoms with Crippen LogP contribution in [0.25, 0.3) is 10.1 Å². The molecule has 1 aromatic heterocycles. The molecular formula is C12H15NS. The second-order valence-electron chi connectivity index (χ2n) is 4.65. The Morgan fingerprint density at radius 3 is 2.57 bits per heavy atom. The highest BCUT2D eigenvalue weighted by Crippen LogP contribution is 2.32. The molecule has 0 aliphatic carbocycles. The van der Waals surface area contributed by atoms with Gasteiger partial charge in [0.1, 0.15) is 0 Å². The maximum absolute atomic E-state index is 5.85. The Hall–Kier alpha value is -1.02. The monoisotopic (exact) mass is 205 g/mol. The van der Waals surface area contributed by atoms with Crippen molar-refractivity contribution < 1.29 is 0 Å². The molecule has 2 N–H and O–H groups in total. The van der Waals surface area contributed by atoms with Crippen LogP contribution in [0.3, 0.4) is 0 Å². The molecule has 1 aromatic carbocycles. The zero-order valence-electron chi connectivity index (χ0n) is 8.79. The van der Waals surface area contributed by atoms with Gasteiger partial charge in [-0.1, -0.05) is 32.9 Å². The molecule has 0 radical (unpaired) electrons. The summed E-state index contributed by atoms with van der Waals surface area (Å²) in [5, 5.41) is 3.19. The molecule has 2 heteroatoms. The minimum atomic E-state index is 0.215. The van der Waals surface area contributed by atoms with Gasteiger partial charge < -0.3 is 5.73 Å². The molecule has 0 aliphatic heterocycles. The molecule has 1 heterocycles. The SMILES string of the molecule is CC(C)(C)c1ccc2c(N)csc2c1. The molecule has 0 saturated heterocycles. The third kappa shape index (κ3) is 1.50. The highest BCUT2D eigenvalue weighted by atomic mass is 32.1. The average Bonchev–Trinajstić information content (AvgIpc) is 2.46. The lowest BCUT2D eigenvalue weighted by atomic mass is 9.87. The summed E-state index contributed by atoms with van der Waals surface area (Å²) < 4.78 is 1.29. The van der Waals surface area contributed by atoms with Gasteiger partial charge in [0.25, 0.3) is 0 Å². The predicted octanol–water partition coefficient (Wildman–Crippen LogP) is 3.78. The van der Waals surface area contributed by atoms with Crippen molar-refractivity contribution in [2.75, 3.05) is 5.73 Å². The topological polar surface area (TPSA) is 26.0 Å². The number of hydrogen-bond donors (Lipinski definition) is 1. The van der Waals surface area contributed by atoms with Gasteiger partial charge in [-0.05, 0) is 17.0 Å². The number of benzene rings is 1. The molecule has 74 valence electrons. The van der Waals surface area contributed by atoms with Crippen LogP contribution in [-0.2, 0) is 5.41 Å². The second kappa shape index (κ2) is 2.99. The Morgan fingerprint density at radius 2 is 1.93 bits per heavy atom. The van der Waals surface area contributed by atoms with Gasteiger partial charge in [0.2, 0.25) is 0 Å². The molecule has 0 saturated carbocycles. The minimum Gasteiger partial charge on any atom is -0.398 e. The smallest absolute Gasteiger partial charge is 0.0502 e. The van der Waals surface area contributed by atoms with Crippen molar-refractivity contribution in [2.24, 2.45) is 0 Å². The lowest BCUT2D eigenvalue weighted by Crippen LogP contribution is -2.10. The molecule has 14 heavy (non-hydrogen) atoms. The van der Waals surface area contributed by atoms with Crippen molar-refractivity contribution >= 4 is 27.1 Å². The number of nitrogen functional groups attached to an aromatic ring is 1. The Bertz CT molecular complexity index is 463. The van der Waals surface area contributed by atoms with Gasteiger partial charge in [-0.2, -0.15) is 0 Å². The molecule has 0 fully saturated rings. The van der Waals surface area contributed by atoms with Gasteiger partial charge >= 0.3 is 0 Å². The van der Waals surface area contributed by atoms with Gasteiger partial charge in [0.15, 0.2) is 0 Å². The number of anilines is 1. The molecule has 2 aromatic rings. The van der Waals surface area contributed by atoms with E-state index in [9.17, 15) is 0 Å². The predicted molar refractivity (Wildman–Crippen MR) is 64.9 cm³/mol. The van der Waals surface area contributed by atoms with Gasteiger partial charge in [-0.15, -0.1) is 11.3 Å². The normalized spacial score (nSPS) is 12.2. The van der Waals surface area contributed by atoms with Gasteiger partial charge in [0.05, 0.1) is 5.69 Å². The summed E-state index contributed by atoms with van der Waals surface area (Å²) in [4.78, 5) is 0. The largest absolute Gasteiger partial charge is 0.398 e. The van der Waals surface area contributed by atoms with Crippen molar-refractivity contribution in [3.8, 4) is 0 Å². The van der Waals surface area contributed by atoms with Crippen molar-refractivity contribution in [1.29, 1.82) is 0 Å². The maximum atomic E-state index is 5.85.